The number of allylic oxidation sites excluding steroid dienone is 1. The molecule has 3 aromatic carbocycles. The van der Waals surface area contributed by atoms with E-state index in [0.29, 0.717) is 29.4 Å². The minimum Gasteiger partial charge on any atom is -0.489 e. The fourth-order valence-electron chi connectivity index (χ4n) is 3.28. The lowest BCUT2D eigenvalue weighted by Gasteiger charge is -2.11. The molecule has 4 rings (SSSR count). The van der Waals surface area contributed by atoms with Gasteiger partial charge in [-0.15, -0.1) is 0 Å². The number of rotatable bonds is 5. The summed E-state index contributed by atoms with van der Waals surface area (Å²) in [6.45, 7) is 8.09. The molecule has 1 aliphatic heterocycles. The fourth-order valence-corrected chi connectivity index (χ4v) is 3.28. The van der Waals surface area contributed by atoms with E-state index in [0.717, 1.165) is 27.8 Å². The second-order valence-electron chi connectivity index (χ2n) is 7.24. The molecule has 0 N–H and O–H groups in total. The summed E-state index contributed by atoms with van der Waals surface area (Å²) < 4.78 is 11.7. The van der Waals surface area contributed by atoms with Gasteiger partial charge in [-0.3, -0.25) is 4.79 Å². The van der Waals surface area contributed by atoms with Crippen molar-refractivity contribution in [3.05, 3.63) is 101 Å². The summed E-state index contributed by atoms with van der Waals surface area (Å²) >= 11 is 0. The average Bonchev–Trinajstić information content (AvgIpc) is 3.05. The highest BCUT2D eigenvalue weighted by atomic mass is 16.5. The first-order chi connectivity index (χ1) is 14.0. The van der Waals surface area contributed by atoms with Gasteiger partial charge in [0.05, 0.1) is 5.56 Å². The Morgan fingerprint density at radius 1 is 1.00 bits per heavy atom. The Labute approximate surface area is 170 Å². The zero-order chi connectivity index (χ0) is 20.4. The zero-order valence-corrected chi connectivity index (χ0v) is 16.6. The molecule has 3 nitrogen and oxygen atoms in total. The summed E-state index contributed by atoms with van der Waals surface area (Å²) in [5.74, 6) is 1.49. The molecule has 0 bridgehead atoms. The van der Waals surface area contributed by atoms with E-state index in [9.17, 15) is 4.79 Å². The van der Waals surface area contributed by atoms with Crippen LogP contribution in [0.5, 0.6) is 11.5 Å². The van der Waals surface area contributed by atoms with E-state index in [-0.39, 0.29) is 5.78 Å². The Morgan fingerprint density at radius 3 is 2.38 bits per heavy atom. The van der Waals surface area contributed by atoms with Gasteiger partial charge in [0.25, 0.3) is 0 Å². The molecule has 0 amide bonds. The summed E-state index contributed by atoms with van der Waals surface area (Å²) in [5.41, 5.74) is 5.52. The number of hydrogen-bond acceptors (Lipinski definition) is 3. The quantitative estimate of drug-likeness (QED) is 0.387. The minimum absolute atomic E-state index is 0.110. The molecule has 0 saturated heterocycles. The third-order valence-electron chi connectivity index (χ3n) is 4.83. The van der Waals surface area contributed by atoms with Crippen LogP contribution in [0.4, 0.5) is 0 Å². The van der Waals surface area contributed by atoms with Crippen LogP contribution in [0.15, 0.2) is 84.6 Å². The van der Waals surface area contributed by atoms with Crippen molar-refractivity contribution in [2.75, 3.05) is 6.61 Å². The molecule has 3 heteroatoms. The largest absolute Gasteiger partial charge is 0.489 e. The molecule has 3 aromatic rings. The first-order valence-electron chi connectivity index (χ1n) is 9.53. The molecule has 144 valence electrons. The number of hydrogen-bond donors (Lipinski definition) is 0. The lowest BCUT2D eigenvalue weighted by molar-refractivity contribution is 0.101. The molecule has 0 aromatic heterocycles. The molecule has 0 fully saturated rings. The number of Topliss-reactive ketones (excluding diaryl/α,β-unsaturated/α-hetero) is 1. The first-order valence-corrected chi connectivity index (χ1v) is 9.53. The van der Waals surface area contributed by atoms with Gasteiger partial charge in [0.15, 0.2) is 5.76 Å². The minimum atomic E-state index is -0.110. The van der Waals surface area contributed by atoms with E-state index < -0.39 is 0 Å². The van der Waals surface area contributed by atoms with Crippen molar-refractivity contribution in [1.29, 1.82) is 0 Å². The van der Waals surface area contributed by atoms with E-state index in [2.05, 4.69) is 18.7 Å². The van der Waals surface area contributed by atoms with Crippen LogP contribution in [-0.2, 0) is 0 Å². The van der Waals surface area contributed by atoms with Crippen LogP contribution in [0.2, 0.25) is 0 Å². The van der Waals surface area contributed by atoms with Crippen LogP contribution in [0.25, 0.3) is 17.2 Å². The van der Waals surface area contributed by atoms with Crippen molar-refractivity contribution in [3.8, 4) is 22.6 Å². The van der Waals surface area contributed by atoms with Crippen LogP contribution in [0.1, 0.15) is 28.4 Å². The summed E-state index contributed by atoms with van der Waals surface area (Å²) in [7, 11) is 0. The van der Waals surface area contributed by atoms with Gasteiger partial charge in [-0.1, -0.05) is 61.2 Å². The van der Waals surface area contributed by atoms with Gasteiger partial charge >= 0.3 is 0 Å². The number of benzene rings is 3. The van der Waals surface area contributed by atoms with E-state index >= 15 is 0 Å². The summed E-state index contributed by atoms with van der Waals surface area (Å²) in [6.07, 6.45) is 1.78. The smallest absolute Gasteiger partial charge is 0.231 e. The summed E-state index contributed by atoms with van der Waals surface area (Å²) in [5, 5.41) is 0. The molecule has 0 saturated carbocycles. The molecule has 29 heavy (non-hydrogen) atoms. The number of ether oxygens (including phenoxy) is 2. The zero-order valence-electron chi connectivity index (χ0n) is 16.6. The lowest BCUT2D eigenvalue weighted by atomic mass is 10.0. The predicted molar refractivity (Wildman–Crippen MR) is 116 cm³/mol. The molecule has 0 atom stereocenters. The molecule has 0 unspecified atom stereocenters. The van der Waals surface area contributed by atoms with Crippen LogP contribution in [0, 0.1) is 6.92 Å². The lowest BCUT2D eigenvalue weighted by Crippen LogP contribution is -2.00. The third kappa shape index (κ3) is 3.85. The summed E-state index contributed by atoms with van der Waals surface area (Å²) in [4.78, 5) is 12.8. The van der Waals surface area contributed by atoms with Crippen molar-refractivity contribution < 1.29 is 14.3 Å². The van der Waals surface area contributed by atoms with Crippen LogP contribution in [0.3, 0.4) is 0 Å². The van der Waals surface area contributed by atoms with E-state index in [1.165, 1.54) is 0 Å². The van der Waals surface area contributed by atoms with Gasteiger partial charge in [0, 0.05) is 5.56 Å². The topological polar surface area (TPSA) is 35.5 Å². The SMILES string of the molecule is C=C(C)COc1ccc2c(c1C)O/C(=C\c1ccc(-c3ccccc3)cc1)C2=O. The highest BCUT2D eigenvalue weighted by Gasteiger charge is 2.30. The second kappa shape index (κ2) is 7.80. The molecule has 0 spiro atoms. The Bertz CT molecular complexity index is 1110. The normalized spacial score (nSPS) is 13.9. The highest BCUT2D eigenvalue weighted by Crippen LogP contribution is 2.39. The standard InChI is InChI=1S/C26H22O3/c1-17(2)16-28-23-14-13-22-25(27)24(29-26(22)18(23)3)15-19-9-11-21(12-10-19)20-7-5-4-6-8-20/h4-15H,1,16H2,2-3H3/b24-15-. The number of ketones is 1. The van der Waals surface area contributed by atoms with Gasteiger partial charge < -0.3 is 9.47 Å². The maximum absolute atomic E-state index is 12.8. The molecule has 0 radical (unpaired) electrons. The Morgan fingerprint density at radius 2 is 1.69 bits per heavy atom. The van der Waals surface area contributed by atoms with Crippen molar-refractivity contribution >= 4 is 11.9 Å². The van der Waals surface area contributed by atoms with Crippen LogP contribution >= 0.6 is 0 Å². The molecular weight excluding hydrogens is 360 g/mol. The third-order valence-corrected chi connectivity index (χ3v) is 4.83. The maximum atomic E-state index is 12.8. The number of carbonyl (C=O) groups excluding carboxylic acids is 1. The molecule has 1 aliphatic rings. The predicted octanol–water partition coefficient (Wildman–Crippen LogP) is 6.23. The van der Waals surface area contributed by atoms with Gasteiger partial charge in [0.2, 0.25) is 5.78 Å². The Kier molecular flexibility index (Phi) is 5.05. The van der Waals surface area contributed by atoms with E-state index in [1.807, 2.05) is 62.4 Å². The van der Waals surface area contributed by atoms with Crippen molar-refractivity contribution in [2.24, 2.45) is 0 Å². The van der Waals surface area contributed by atoms with Crippen molar-refractivity contribution in [3.63, 3.8) is 0 Å². The Balaban J connectivity index is 1.58. The first kappa shape index (κ1) is 18.8. The maximum Gasteiger partial charge on any atom is 0.231 e. The van der Waals surface area contributed by atoms with Crippen molar-refractivity contribution in [1.82, 2.24) is 0 Å². The van der Waals surface area contributed by atoms with E-state index in [1.54, 1.807) is 12.1 Å². The van der Waals surface area contributed by atoms with Gasteiger partial charge in [-0.05, 0) is 54.3 Å². The summed E-state index contributed by atoms with van der Waals surface area (Å²) in [6, 6.07) is 21.8. The molecular formula is C26H22O3. The average molecular weight is 382 g/mol. The van der Waals surface area contributed by atoms with Crippen LogP contribution in [-0.4, -0.2) is 12.4 Å². The van der Waals surface area contributed by atoms with Gasteiger partial charge in [-0.2, -0.15) is 0 Å². The fraction of sp³-hybridized carbons (Fsp3) is 0.115. The molecule has 1 heterocycles. The van der Waals surface area contributed by atoms with Crippen LogP contribution < -0.4 is 9.47 Å². The van der Waals surface area contributed by atoms with Gasteiger partial charge in [-0.25, -0.2) is 0 Å². The van der Waals surface area contributed by atoms with Crippen molar-refractivity contribution in [2.45, 2.75) is 13.8 Å². The Hall–Kier alpha value is -3.59. The molecule has 0 aliphatic carbocycles. The number of carbonyl (C=O) groups is 1. The number of fused-ring (bicyclic) bond motifs is 1. The monoisotopic (exact) mass is 382 g/mol. The second-order valence-corrected chi connectivity index (χ2v) is 7.24. The van der Waals surface area contributed by atoms with Gasteiger partial charge in [0.1, 0.15) is 18.1 Å². The highest BCUT2D eigenvalue weighted by molar-refractivity contribution is 6.15. The van der Waals surface area contributed by atoms with E-state index in [4.69, 9.17) is 9.47 Å².